The highest BCUT2D eigenvalue weighted by Gasteiger charge is 2.17. The SMILES string of the molecule is CCNCCC(C)(CC)NC. The van der Waals surface area contributed by atoms with E-state index in [1.54, 1.807) is 0 Å². The van der Waals surface area contributed by atoms with Gasteiger partial charge in [0.05, 0.1) is 0 Å². The molecule has 0 heterocycles. The monoisotopic (exact) mass is 158 g/mol. The van der Waals surface area contributed by atoms with Crippen molar-refractivity contribution in [1.82, 2.24) is 10.6 Å². The zero-order valence-electron chi connectivity index (χ0n) is 8.33. The minimum absolute atomic E-state index is 0.322. The molecule has 0 aliphatic rings. The van der Waals surface area contributed by atoms with E-state index in [0.29, 0.717) is 5.54 Å². The van der Waals surface area contributed by atoms with Gasteiger partial charge in [-0.3, -0.25) is 0 Å². The Labute approximate surface area is 70.8 Å². The summed E-state index contributed by atoms with van der Waals surface area (Å²) >= 11 is 0. The third kappa shape index (κ3) is 4.38. The van der Waals surface area contributed by atoms with E-state index >= 15 is 0 Å². The van der Waals surface area contributed by atoms with Gasteiger partial charge in [-0.2, -0.15) is 0 Å². The molecule has 0 aromatic heterocycles. The van der Waals surface area contributed by atoms with Crippen LogP contribution in [0.2, 0.25) is 0 Å². The molecule has 0 rings (SSSR count). The van der Waals surface area contributed by atoms with Crippen LogP contribution in [0.25, 0.3) is 0 Å². The van der Waals surface area contributed by atoms with Crippen LogP contribution in [0.1, 0.15) is 33.6 Å². The van der Waals surface area contributed by atoms with Crippen molar-refractivity contribution < 1.29 is 0 Å². The number of hydrogen-bond acceptors (Lipinski definition) is 2. The Bertz CT molecular complexity index is 87.6. The van der Waals surface area contributed by atoms with Crippen molar-refractivity contribution in [2.24, 2.45) is 0 Å². The maximum absolute atomic E-state index is 3.35. The van der Waals surface area contributed by atoms with E-state index in [9.17, 15) is 0 Å². The first-order valence-corrected chi connectivity index (χ1v) is 4.58. The van der Waals surface area contributed by atoms with Gasteiger partial charge in [-0.25, -0.2) is 0 Å². The first kappa shape index (κ1) is 10.9. The van der Waals surface area contributed by atoms with Crippen molar-refractivity contribution in [3.8, 4) is 0 Å². The molecule has 68 valence electrons. The standard InChI is InChI=1S/C9H22N2/c1-5-9(3,10-4)7-8-11-6-2/h10-11H,5-8H2,1-4H3. The Kier molecular flexibility index (Phi) is 5.51. The first-order valence-electron chi connectivity index (χ1n) is 4.58. The second kappa shape index (κ2) is 5.56. The van der Waals surface area contributed by atoms with Crippen LogP contribution in [0, 0.1) is 0 Å². The summed E-state index contributed by atoms with van der Waals surface area (Å²) in [4.78, 5) is 0. The van der Waals surface area contributed by atoms with E-state index in [2.05, 4.69) is 31.4 Å². The Morgan fingerprint density at radius 1 is 1.27 bits per heavy atom. The highest BCUT2D eigenvalue weighted by Crippen LogP contribution is 2.11. The normalized spacial score (nSPS) is 16.4. The molecule has 0 saturated carbocycles. The van der Waals surface area contributed by atoms with Gasteiger partial charge in [-0.1, -0.05) is 13.8 Å². The summed E-state index contributed by atoms with van der Waals surface area (Å²) in [6, 6.07) is 0. The van der Waals surface area contributed by atoms with Crippen LogP contribution in [0.15, 0.2) is 0 Å². The lowest BCUT2D eigenvalue weighted by Crippen LogP contribution is -2.41. The summed E-state index contributed by atoms with van der Waals surface area (Å²) in [6.07, 6.45) is 2.39. The van der Waals surface area contributed by atoms with E-state index in [1.165, 1.54) is 12.8 Å². The molecular weight excluding hydrogens is 136 g/mol. The van der Waals surface area contributed by atoms with Gasteiger partial charge in [0.1, 0.15) is 0 Å². The third-order valence-corrected chi connectivity index (χ3v) is 2.49. The summed E-state index contributed by atoms with van der Waals surface area (Å²) in [6.45, 7) is 8.82. The average Bonchev–Trinajstić information content (AvgIpc) is 2.05. The molecule has 11 heavy (non-hydrogen) atoms. The van der Waals surface area contributed by atoms with Crippen LogP contribution in [-0.2, 0) is 0 Å². The van der Waals surface area contributed by atoms with Crippen molar-refractivity contribution in [2.45, 2.75) is 39.2 Å². The smallest absolute Gasteiger partial charge is 0.0159 e. The molecular formula is C9H22N2. The van der Waals surface area contributed by atoms with Crippen molar-refractivity contribution in [2.75, 3.05) is 20.1 Å². The van der Waals surface area contributed by atoms with Gasteiger partial charge in [0, 0.05) is 5.54 Å². The van der Waals surface area contributed by atoms with Crippen LogP contribution in [0.3, 0.4) is 0 Å². The fraction of sp³-hybridized carbons (Fsp3) is 1.00. The Hall–Kier alpha value is -0.0800. The quantitative estimate of drug-likeness (QED) is 0.571. The second-order valence-corrected chi connectivity index (χ2v) is 3.27. The van der Waals surface area contributed by atoms with E-state index < -0.39 is 0 Å². The van der Waals surface area contributed by atoms with Gasteiger partial charge >= 0.3 is 0 Å². The van der Waals surface area contributed by atoms with Crippen molar-refractivity contribution in [3.05, 3.63) is 0 Å². The van der Waals surface area contributed by atoms with Crippen LogP contribution in [-0.4, -0.2) is 25.7 Å². The predicted octanol–water partition coefficient (Wildman–Crippen LogP) is 1.37. The van der Waals surface area contributed by atoms with Gasteiger partial charge in [0.15, 0.2) is 0 Å². The third-order valence-electron chi connectivity index (χ3n) is 2.49. The molecule has 0 aliphatic carbocycles. The Morgan fingerprint density at radius 3 is 2.27 bits per heavy atom. The van der Waals surface area contributed by atoms with Gasteiger partial charge < -0.3 is 10.6 Å². The highest BCUT2D eigenvalue weighted by atomic mass is 14.9. The lowest BCUT2D eigenvalue weighted by atomic mass is 9.95. The molecule has 1 atom stereocenters. The van der Waals surface area contributed by atoms with Gasteiger partial charge in [-0.15, -0.1) is 0 Å². The minimum Gasteiger partial charge on any atom is -0.317 e. The molecule has 0 aliphatic heterocycles. The number of nitrogens with one attached hydrogen (secondary N) is 2. The maximum atomic E-state index is 3.35. The summed E-state index contributed by atoms with van der Waals surface area (Å²) in [5.74, 6) is 0. The fourth-order valence-electron chi connectivity index (χ4n) is 1.02. The van der Waals surface area contributed by atoms with Crippen molar-refractivity contribution >= 4 is 0 Å². The number of rotatable bonds is 6. The number of hydrogen-bond donors (Lipinski definition) is 2. The van der Waals surface area contributed by atoms with E-state index in [0.717, 1.165) is 13.1 Å². The Balaban J connectivity index is 3.51. The van der Waals surface area contributed by atoms with Crippen molar-refractivity contribution in [3.63, 3.8) is 0 Å². The van der Waals surface area contributed by atoms with E-state index in [-0.39, 0.29) is 0 Å². The molecule has 2 nitrogen and oxygen atoms in total. The molecule has 2 N–H and O–H groups in total. The fourth-order valence-corrected chi connectivity index (χ4v) is 1.02. The molecule has 0 radical (unpaired) electrons. The predicted molar refractivity (Wildman–Crippen MR) is 50.9 cm³/mol. The average molecular weight is 158 g/mol. The zero-order valence-corrected chi connectivity index (χ0v) is 8.33. The topological polar surface area (TPSA) is 24.1 Å². The highest BCUT2D eigenvalue weighted by molar-refractivity contribution is 4.79. The summed E-state index contributed by atoms with van der Waals surface area (Å²) in [5.41, 5.74) is 0.322. The molecule has 0 aromatic rings. The van der Waals surface area contributed by atoms with E-state index in [4.69, 9.17) is 0 Å². The molecule has 0 amide bonds. The van der Waals surface area contributed by atoms with Crippen LogP contribution in [0.4, 0.5) is 0 Å². The van der Waals surface area contributed by atoms with Gasteiger partial charge in [0.25, 0.3) is 0 Å². The molecule has 1 unspecified atom stereocenters. The zero-order chi connectivity index (χ0) is 8.74. The largest absolute Gasteiger partial charge is 0.317 e. The van der Waals surface area contributed by atoms with Gasteiger partial charge in [-0.05, 0) is 39.9 Å². The van der Waals surface area contributed by atoms with Crippen LogP contribution < -0.4 is 10.6 Å². The minimum atomic E-state index is 0.322. The molecule has 0 aromatic carbocycles. The van der Waals surface area contributed by atoms with E-state index in [1.807, 2.05) is 7.05 Å². The molecule has 0 spiro atoms. The molecule has 0 fully saturated rings. The Morgan fingerprint density at radius 2 is 1.91 bits per heavy atom. The molecule has 2 heteroatoms. The van der Waals surface area contributed by atoms with Gasteiger partial charge in [0.2, 0.25) is 0 Å². The lowest BCUT2D eigenvalue weighted by Gasteiger charge is -2.27. The van der Waals surface area contributed by atoms with Crippen LogP contribution >= 0.6 is 0 Å². The first-order chi connectivity index (χ1) is 5.18. The van der Waals surface area contributed by atoms with Crippen LogP contribution in [0.5, 0.6) is 0 Å². The maximum Gasteiger partial charge on any atom is 0.0159 e. The molecule has 0 saturated heterocycles. The molecule has 0 bridgehead atoms. The van der Waals surface area contributed by atoms with Crippen molar-refractivity contribution in [1.29, 1.82) is 0 Å². The summed E-state index contributed by atoms with van der Waals surface area (Å²) in [5, 5.41) is 6.68. The summed E-state index contributed by atoms with van der Waals surface area (Å²) < 4.78 is 0. The second-order valence-electron chi connectivity index (χ2n) is 3.27. The summed E-state index contributed by atoms with van der Waals surface area (Å²) in [7, 11) is 2.04. The lowest BCUT2D eigenvalue weighted by molar-refractivity contribution is 0.339.